The average molecular weight is 345 g/mol. The maximum absolute atomic E-state index is 12.4. The minimum atomic E-state index is -0.471. The van der Waals surface area contributed by atoms with Crippen molar-refractivity contribution >= 4 is 23.5 Å². The number of halogens is 1. The van der Waals surface area contributed by atoms with Crippen LogP contribution < -0.4 is 5.32 Å². The summed E-state index contributed by atoms with van der Waals surface area (Å²) < 4.78 is 1.67. The van der Waals surface area contributed by atoms with E-state index in [1.165, 1.54) is 0 Å². The predicted octanol–water partition coefficient (Wildman–Crippen LogP) is 3.14. The zero-order valence-corrected chi connectivity index (χ0v) is 14.3. The van der Waals surface area contributed by atoms with Crippen LogP contribution in [0.2, 0.25) is 5.02 Å². The Hall–Kier alpha value is -2.67. The van der Waals surface area contributed by atoms with Crippen LogP contribution in [0.15, 0.2) is 30.3 Å². The van der Waals surface area contributed by atoms with Gasteiger partial charge in [-0.1, -0.05) is 23.7 Å². The van der Waals surface area contributed by atoms with Crippen LogP contribution in [0, 0.1) is 13.8 Å². The number of hydrogen-bond donors (Lipinski definition) is 2. The predicted molar refractivity (Wildman–Crippen MR) is 91.9 cm³/mol. The second-order valence-electron chi connectivity index (χ2n) is 5.52. The van der Waals surface area contributed by atoms with Gasteiger partial charge in [0.05, 0.1) is 10.7 Å². The Labute approximate surface area is 144 Å². The van der Waals surface area contributed by atoms with E-state index in [-0.39, 0.29) is 11.9 Å². The monoisotopic (exact) mass is 344 g/mol. The van der Waals surface area contributed by atoms with E-state index in [1.807, 2.05) is 38.1 Å². The summed E-state index contributed by atoms with van der Waals surface area (Å²) in [6, 6.07) is 8.73. The zero-order chi connectivity index (χ0) is 17.3. The fourth-order valence-electron chi connectivity index (χ4n) is 2.46. The molecule has 1 atom stereocenters. The number of aromatic nitrogens is 5. The zero-order valence-electron chi connectivity index (χ0n) is 13.5. The molecule has 0 aliphatic carbocycles. The van der Waals surface area contributed by atoms with Crippen molar-refractivity contribution in [3.8, 4) is 11.4 Å². The second kappa shape index (κ2) is 6.45. The van der Waals surface area contributed by atoms with Crippen molar-refractivity contribution in [2.24, 2.45) is 0 Å². The molecule has 2 heterocycles. The Morgan fingerprint density at radius 1 is 1.33 bits per heavy atom. The summed E-state index contributed by atoms with van der Waals surface area (Å²) in [6.45, 7) is 5.57. The molecule has 1 amide bonds. The van der Waals surface area contributed by atoms with Crippen molar-refractivity contribution in [1.82, 2.24) is 25.0 Å². The summed E-state index contributed by atoms with van der Waals surface area (Å²) in [4.78, 5) is 16.7. The third-order valence-corrected chi connectivity index (χ3v) is 3.97. The molecule has 124 valence electrons. The number of aromatic amines is 1. The van der Waals surface area contributed by atoms with Gasteiger partial charge in [-0.3, -0.25) is 19.9 Å². The summed E-state index contributed by atoms with van der Waals surface area (Å²) in [5.41, 5.74) is 2.51. The second-order valence-corrected chi connectivity index (χ2v) is 5.93. The van der Waals surface area contributed by atoms with Crippen molar-refractivity contribution in [1.29, 1.82) is 0 Å². The molecule has 7 nitrogen and oxygen atoms in total. The van der Waals surface area contributed by atoms with E-state index in [9.17, 15) is 4.79 Å². The quantitative estimate of drug-likeness (QED) is 0.761. The van der Waals surface area contributed by atoms with Gasteiger partial charge < -0.3 is 0 Å². The standard InChI is InChI=1S/C16H17ClN6O/c1-9-8-10(2)23(22-9)11(3)15(24)19-16-18-14(20-21-16)12-6-4-5-7-13(12)17/h4-8,11H,1-3H3,(H2,18,19,20,21,24)/t11-/m1/s1. The van der Waals surface area contributed by atoms with E-state index in [1.54, 1.807) is 17.7 Å². The van der Waals surface area contributed by atoms with Crippen LogP contribution in [0.1, 0.15) is 24.4 Å². The van der Waals surface area contributed by atoms with E-state index < -0.39 is 6.04 Å². The molecule has 8 heteroatoms. The van der Waals surface area contributed by atoms with E-state index in [4.69, 9.17) is 11.6 Å². The third kappa shape index (κ3) is 3.16. The molecule has 3 aromatic rings. The van der Waals surface area contributed by atoms with Gasteiger partial charge in [-0.15, -0.1) is 5.10 Å². The summed E-state index contributed by atoms with van der Waals surface area (Å²) in [5, 5.41) is 14.4. The highest BCUT2D eigenvalue weighted by Gasteiger charge is 2.19. The van der Waals surface area contributed by atoms with Gasteiger partial charge in [0.25, 0.3) is 5.91 Å². The highest BCUT2D eigenvalue weighted by molar-refractivity contribution is 6.33. The van der Waals surface area contributed by atoms with Gasteiger partial charge in [0.15, 0.2) is 5.82 Å². The molecule has 2 aromatic heterocycles. The third-order valence-electron chi connectivity index (χ3n) is 3.64. The van der Waals surface area contributed by atoms with Crippen molar-refractivity contribution in [3.05, 3.63) is 46.7 Å². The molecule has 0 unspecified atom stereocenters. The lowest BCUT2D eigenvalue weighted by molar-refractivity contribution is -0.119. The molecular formula is C16H17ClN6O. The Balaban J connectivity index is 1.76. The number of carbonyl (C=O) groups is 1. The molecule has 0 saturated heterocycles. The van der Waals surface area contributed by atoms with Gasteiger partial charge >= 0.3 is 0 Å². The van der Waals surface area contributed by atoms with Gasteiger partial charge in [-0.25, -0.2) is 0 Å². The highest BCUT2D eigenvalue weighted by atomic mass is 35.5. The lowest BCUT2D eigenvalue weighted by Crippen LogP contribution is -2.25. The van der Waals surface area contributed by atoms with E-state index in [2.05, 4.69) is 25.6 Å². The maximum atomic E-state index is 12.4. The summed E-state index contributed by atoms with van der Waals surface area (Å²) in [7, 11) is 0. The molecule has 0 spiro atoms. The number of hydrogen-bond acceptors (Lipinski definition) is 4. The smallest absolute Gasteiger partial charge is 0.251 e. The molecule has 0 aliphatic rings. The summed E-state index contributed by atoms with van der Waals surface area (Å²) >= 11 is 6.14. The highest BCUT2D eigenvalue weighted by Crippen LogP contribution is 2.25. The number of aryl methyl sites for hydroxylation is 2. The van der Waals surface area contributed by atoms with Gasteiger partial charge in [0, 0.05) is 11.3 Å². The molecule has 3 rings (SSSR count). The Bertz CT molecular complexity index is 884. The van der Waals surface area contributed by atoms with E-state index >= 15 is 0 Å². The Morgan fingerprint density at radius 2 is 2.08 bits per heavy atom. The van der Waals surface area contributed by atoms with E-state index in [0.29, 0.717) is 10.8 Å². The fourth-order valence-corrected chi connectivity index (χ4v) is 2.68. The number of amides is 1. The first-order chi connectivity index (χ1) is 11.5. The maximum Gasteiger partial charge on any atom is 0.251 e. The number of anilines is 1. The fraction of sp³-hybridized carbons (Fsp3) is 0.250. The largest absolute Gasteiger partial charge is 0.291 e. The first kappa shape index (κ1) is 16.2. The average Bonchev–Trinajstić information content (AvgIpc) is 3.13. The molecule has 0 fully saturated rings. The topological polar surface area (TPSA) is 88.5 Å². The molecule has 0 bridgehead atoms. The van der Waals surface area contributed by atoms with Gasteiger partial charge in [0.2, 0.25) is 5.95 Å². The number of H-pyrrole nitrogens is 1. The van der Waals surface area contributed by atoms with Crippen LogP contribution in [0.4, 0.5) is 5.95 Å². The molecule has 1 aromatic carbocycles. The molecular weight excluding hydrogens is 328 g/mol. The Morgan fingerprint density at radius 3 is 2.75 bits per heavy atom. The van der Waals surface area contributed by atoms with Crippen LogP contribution in [0.25, 0.3) is 11.4 Å². The molecule has 2 N–H and O–H groups in total. The number of carbonyl (C=O) groups excluding carboxylic acids is 1. The number of nitrogens with one attached hydrogen (secondary N) is 2. The first-order valence-corrected chi connectivity index (χ1v) is 7.84. The minimum absolute atomic E-state index is 0.198. The van der Waals surface area contributed by atoms with E-state index in [0.717, 1.165) is 17.0 Å². The molecule has 0 radical (unpaired) electrons. The summed E-state index contributed by atoms with van der Waals surface area (Å²) in [5.74, 6) is 0.448. The lowest BCUT2D eigenvalue weighted by atomic mass is 10.2. The van der Waals surface area contributed by atoms with Crippen molar-refractivity contribution < 1.29 is 4.79 Å². The normalized spacial score (nSPS) is 12.2. The minimum Gasteiger partial charge on any atom is -0.291 e. The van der Waals surface area contributed by atoms with Crippen LogP contribution in [-0.2, 0) is 4.79 Å². The Kier molecular flexibility index (Phi) is 4.35. The summed E-state index contributed by atoms with van der Waals surface area (Å²) in [6.07, 6.45) is 0. The van der Waals surface area contributed by atoms with Crippen molar-refractivity contribution in [3.63, 3.8) is 0 Å². The number of nitrogens with zero attached hydrogens (tertiary/aromatic N) is 4. The van der Waals surface area contributed by atoms with Crippen molar-refractivity contribution in [2.45, 2.75) is 26.8 Å². The molecule has 0 aliphatic heterocycles. The van der Waals surface area contributed by atoms with Crippen LogP contribution in [0.5, 0.6) is 0 Å². The number of benzene rings is 1. The van der Waals surface area contributed by atoms with Crippen LogP contribution in [0.3, 0.4) is 0 Å². The van der Waals surface area contributed by atoms with Crippen LogP contribution >= 0.6 is 11.6 Å². The lowest BCUT2D eigenvalue weighted by Gasteiger charge is -2.12. The number of rotatable bonds is 4. The first-order valence-electron chi connectivity index (χ1n) is 7.46. The van der Waals surface area contributed by atoms with Gasteiger partial charge in [-0.2, -0.15) is 10.1 Å². The van der Waals surface area contributed by atoms with Gasteiger partial charge in [-0.05, 0) is 39.0 Å². The van der Waals surface area contributed by atoms with Crippen LogP contribution in [-0.4, -0.2) is 30.9 Å². The SMILES string of the molecule is Cc1cc(C)n([C@H](C)C(=O)Nc2n[nH]c(-c3ccccc3Cl)n2)n1. The van der Waals surface area contributed by atoms with Gasteiger partial charge in [0.1, 0.15) is 6.04 Å². The molecule has 0 saturated carbocycles. The molecule has 24 heavy (non-hydrogen) atoms. The van der Waals surface area contributed by atoms with Crippen molar-refractivity contribution in [2.75, 3.05) is 5.32 Å².